The topological polar surface area (TPSA) is 51.0 Å². The summed E-state index contributed by atoms with van der Waals surface area (Å²) in [7, 11) is 0. The molecule has 0 saturated carbocycles. The molecule has 0 fully saturated rings. The van der Waals surface area contributed by atoms with Crippen LogP contribution < -0.4 is 0 Å². The Balaban J connectivity index is 1.79. The number of rotatable bonds is 3. The lowest BCUT2D eigenvalue weighted by Crippen LogP contribution is -2.34. The number of carbonyl (C=O) groups is 1. The fourth-order valence-corrected chi connectivity index (χ4v) is 3.58. The Bertz CT molecular complexity index is 1060. The zero-order valence-corrected chi connectivity index (χ0v) is 15.7. The quantitative estimate of drug-likeness (QED) is 0.697. The molecule has 0 radical (unpaired) electrons. The molecule has 1 aliphatic rings. The molecule has 7 heteroatoms. The zero-order chi connectivity index (χ0) is 19.8. The van der Waals surface area contributed by atoms with Crippen LogP contribution >= 0.6 is 0 Å². The molecule has 28 heavy (non-hydrogen) atoms. The van der Waals surface area contributed by atoms with E-state index in [0.717, 1.165) is 28.7 Å². The summed E-state index contributed by atoms with van der Waals surface area (Å²) in [6.45, 7) is 4.68. The highest BCUT2D eigenvalue weighted by atomic mass is 19.1. The van der Waals surface area contributed by atoms with Gasteiger partial charge < -0.3 is 4.90 Å². The second-order valence-corrected chi connectivity index (χ2v) is 7.02. The van der Waals surface area contributed by atoms with Gasteiger partial charge >= 0.3 is 0 Å². The number of benzene rings is 1. The number of hydrogen-bond donors (Lipinski definition) is 0. The summed E-state index contributed by atoms with van der Waals surface area (Å²) in [5.74, 6) is -1.20. The summed E-state index contributed by atoms with van der Waals surface area (Å²) < 4.78 is 29.2. The Morgan fingerprint density at radius 3 is 2.75 bits per heavy atom. The highest BCUT2D eigenvalue weighted by Gasteiger charge is 2.27. The highest BCUT2D eigenvalue weighted by Crippen LogP contribution is 2.30. The maximum absolute atomic E-state index is 14.2. The molecule has 0 unspecified atom stereocenters. The first kappa shape index (κ1) is 18.3. The summed E-state index contributed by atoms with van der Waals surface area (Å²) in [4.78, 5) is 18.2. The largest absolute Gasteiger partial charge is 0.338 e. The second-order valence-electron chi connectivity index (χ2n) is 7.02. The van der Waals surface area contributed by atoms with Gasteiger partial charge in [-0.05, 0) is 25.1 Å². The van der Waals surface area contributed by atoms with Crippen LogP contribution in [0.3, 0.4) is 0 Å². The fraction of sp³-hybridized carbons (Fsp3) is 0.286. The number of hydrogen-bond acceptors (Lipinski definition) is 3. The van der Waals surface area contributed by atoms with Gasteiger partial charge in [-0.15, -0.1) is 0 Å². The Morgan fingerprint density at radius 1 is 1.21 bits per heavy atom. The van der Waals surface area contributed by atoms with Crippen molar-refractivity contribution in [1.82, 2.24) is 19.7 Å². The molecule has 2 aromatic heterocycles. The molecule has 0 bridgehead atoms. The van der Waals surface area contributed by atoms with E-state index in [2.05, 4.69) is 4.98 Å². The van der Waals surface area contributed by atoms with Crippen molar-refractivity contribution in [1.29, 1.82) is 0 Å². The smallest absolute Gasteiger partial charge is 0.219 e. The molecule has 1 aliphatic heterocycles. The Kier molecular flexibility index (Phi) is 4.66. The van der Waals surface area contributed by atoms with E-state index in [4.69, 9.17) is 5.10 Å². The maximum atomic E-state index is 14.2. The number of nitrogens with zero attached hydrogens (tertiary/aromatic N) is 4. The SMILES string of the molecule is CC(=O)N1CCc2c(c(-c3cccc(C)n3)nn2Cc2ccc(F)cc2F)C1. The first-order valence-electron chi connectivity index (χ1n) is 9.14. The van der Waals surface area contributed by atoms with Crippen LogP contribution in [0.1, 0.15) is 29.4 Å². The van der Waals surface area contributed by atoms with Crippen molar-refractivity contribution in [2.45, 2.75) is 33.4 Å². The first-order chi connectivity index (χ1) is 13.4. The molecule has 3 aromatic rings. The van der Waals surface area contributed by atoms with Gasteiger partial charge in [-0.25, -0.2) is 8.78 Å². The van der Waals surface area contributed by atoms with Crippen LogP contribution in [0.15, 0.2) is 36.4 Å². The van der Waals surface area contributed by atoms with Gasteiger partial charge in [0, 0.05) is 55.0 Å². The van der Waals surface area contributed by atoms with Crippen molar-refractivity contribution in [3.8, 4) is 11.4 Å². The number of amides is 1. The van der Waals surface area contributed by atoms with E-state index in [1.54, 1.807) is 16.5 Å². The van der Waals surface area contributed by atoms with Crippen LogP contribution in [0.25, 0.3) is 11.4 Å². The summed E-state index contributed by atoms with van der Waals surface area (Å²) in [5, 5.41) is 4.71. The average molecular weight is 382 g/mol. The van der Waals surface area contributed by atoms with Crippen molar-refractivity contribution in [2.75, 3.05) is 6.54 Å². The van der Waals surface area contributed by atoms with Gasteiger partial charge in [0.25, 0.3) is 0 Å². The average Bonchev–Trinajstić information content (AvgIpc) is 3.02. The maximum Gasteiger partial charge on any atom is 0.219 e. The molecule has 1 amide bonds. The van der Waals surface area contributed by atoms with E-state index >= 15 is 0 Å². The minimum absolute atomic E-state index is 0.00568. The molecule has 0 spiro atoms. The Morgan fingerprint density at radius 2 is 2.04 bits per heavy atom. The van der Waals surface area contributed by atoms with Crippen molar-refractivity contribution < 1.29 is 13.6 Å². The summed E-state index contributed by atoms with van der Waals surface area (Å²) in [6.07, 6.45) is 0.622. The lowest BCUT2D eigenvalue weighted by Gasteiger charge is -2.26. The van der Waals surface area contributed by atoms with Gasteiger partial charge in [0.15, 0.2) is 0 Å². The van der Waals surface area contributed by atoms with Crippen LogP contribution in [-0.2, 0) is 24.3 Å². The Labute approximate surface area is 161 Å². The number of aromatic nitrogens is 3. The molecular weight excluding hydrogens is 362 g/mol. The third-order valence-electron chi connectivity index (χ3n) is 5.05. The molecule has 0 N–H and O–H groups in total. The van der Waals surface area contributed by atoms with Crippen LogP contribution in [0.5, 0.6) is 0 Å². The number of halogens is 2. The highest BCUT2D eigenvalue weighted by molar-refractivity contribution is 5.74. The molecule has 0 atom stereocenters. The third kappa shape index (κ3) is 3.40. The van der Waals surface area contributed by atoms with Crippen LogP contribution in [0.4, 0.5) is 8.78 Å². The van der Waals surface area contributed by atoms with Gasteiger partial charge in [-0.1, -0.05) is 12.1 Å². The lowest BCUT2D eigenvalue weighted by atomic mass is 10.0. The van der Waals surface area contributed by atoms with Gasteiger partial charge in [-0.3, -0.25) is 14.5 Å². The predicted octanol–water partition coefficient (Wildman–Crippen LogP) is 3.48. The van der Waals surface area contributed by atoms with Crippen LogP contribution in [-0.4, -0.2) is 32.1 Å². The molecular formula is C21H20F2N4O. The Hall–Kier alpha value is -3.09. The van der Waals surface area contributed by atoms with Crippen molar-refractivity contribution in [2.24, 2.45) is 0 Å². The number of fused-ring (bicyclic) bond motifs is 1. The van der Waals surface area contributed by atoms with Gasteiger partial charge in [0.05, 0.1) is 12.2 Å². The van der Waals surface area contributed by atoms with Crippen molar-refractivity contribution in [3.05, 3.63) is 70.5 Å². The van der Waals surface area contributed by atoms with Crippen molar-refractivity contribution >= 4 is 5.91 Å². The fourth-order valence-electron chi connectivity index (χ4n) is 3.58. The predicted molar refractivity (Wildman–Crippen MR) is 100 cm³/mol. The summed E-state index contributed by atoms with van der Waals surface area (Å²) in [6, 6.07) is 9.26. The monoisotopic (exact) mass is 382 g/mol. The van der Waals surface area contributed by atoms with E-state index in [1.807, 2.05) is 25.1 Å². The van der Waals surface area contributed by atoms with Crippen LogP contribution in [0, 0.1) is 18.6 Å². The van der Waals surface area contributed by atoms with E-state index in [1.165, 1.54) is 12.1 Å². The molecule has 1 aromatic carbocycles. The minimum atomic E-state index is -0.606. The lowest BCUT2D eigenvalue weighted by molar-refractivity contribution is -0.129. The number of pyridine rings is 1. The summed E-state index contributed by atoms with van der Waals surface area (Å²) in [5.41, 5.74) is 4.54. The van der Waals surface area contributed by atoms with Gasteiger partial charge in [0.1, 0.15) is 17.3 Å². The third-order valence-corrected chi connectivity index (χ3v) is 5.05. The van der Waals surface area contributed by atoms with Gasteiger partial charge in [-0.2, -0.15) is 5.10 Å². The minimum Gasteiger partial charge on any atom is -0.338 e. The van der Waals surface area contributed by atoms with Crippen LogP contribution in [0.2, 0.25) is 0 Å². The molecule has 5 nitrogen and oxygen atoms in total. The zero-order valence-electron chi connectivity index (χ0n) is 15.7. The number of carbonyl (C=O) groups excluding carboxylic acids is 1. The van der Waals surface area contributed by atoms with E-state index < -0.39 is 11.6 Å². The van der Waals surface area contributed by atoms with Crippen molar-refractivity contribution in [3.63, 3.8) is 0 Å². The van der Waals surface area contributed by atoms with Gasteiger partial charge in [0.2, 0.25) is 5.91 Å². The molecule has 0 saturated heterocycles. The van der Waals surface area contributed by atoms with E-state index in [-0.39, 0.29) is 12.5 Å². The molecule has 4 rings (SSSR count). The standard InChI is InChI=1S/C21H20F2N4O/c1-13-4-3-5-19(24-13)21-17-12-26(14(2)28)9-8-20(17)27(25-21)11-15-6-7-16(22)10-18(15)23/h3-7,10H,8-9,11-12H2,1-2H3. The van der Waals surface area contributed by atoms with E-state index in [9.17, 15) is 13.6 Å². The molecule has 3 heterocycles. The first-order valence-corrected chi connectivity index (χ1v) is 9.14. The number of aryl methyl sites for hydroxylation is 1. The molecule has 0 aliphatic carbocycles. The van der Waals surface area contributed by atoms with E-state index in [0.29, 0.717) is 30.8 Å². The molecule has 144 valence electrons. The normalized spacial score (nSPS) is 13.5. The second kappa shape index (κ2) is 7.14. The summed E-state index contributed by atoms with van der Waals surface area (Å²) >= 11 is 0.